The van der Waals surface area contributed by atoms with Crippen LogP contribution < -0.4 is 29.7 Å². The Labute approximate surface area is 173 Å². The zero-order chi connectivity index (χ0) is 23.6. The lowest BCUT2D eigenvalue weighted by molar-refractivity contribution is -0.119. The van der Waals surface area contributed by atoms with E-state index in [2.05, 4.69) is 5.32 Å². The van der Waals surface area contributed by atoms with E-state index >= 15 is 0 Å². The Balaban J connectivity index is 2.39. The fourth-order valence-electron chi connectivity index (χ4n) is 3.79. The maximum atomic E-state index is 12.7. The van der Waals surface area contributed by atoms with Crippen molar-refractivity contribution >= 4 is 5.91 Å². The SMILES string of the molecule is [2H]C([2H])([2H])Oc1cc2c(c(OC)c1OC)-c1ccc(OC)c(=O)cc1[C@@H](NC(C)=O)CC2. The highest BCUT2D eigenvalue weighted by atomic mass is 16.5. The van der Waals surface area contributed by atoms with E-state index in [1.54, 1.807) is 18.2 Å². The van der Waals surface area contributed by atoms with Crippen molar-refractivity contribution in [1.29, 1.82) is 0 Å². The van der Waals surface area contributed by atoms with Gasteiger partial charge in [-0.1, -0.05) is 6.07 Å². The molecule has 0 aromatic heterocycles. The number of amides is 1. The summed E-state index contributed by atoms with van der Waals surface area (Å²) in [5, 5.41) is 2.90. The van der Waals surface area contributed by atoms with Crippen LogP contribution in [0.5, 0.6) is 23.0 Å². The van der Waals surface area contributed by atoms with Crippen LogP contribution in [-0.2, 0) is 11.2 Å². The third-order valence-corrected chi connectivity index (χ3v) is 4.99. The Morgan fingerprint density at radius 3 is 2.45 bits per heavy atom. The van der Waals surface area contributed by atoms with Gasteiger partial charge in [0.15, 0.2) is 17.2 Å². The van der Waals surface area contributed by atoms with Gasteiger partial charge in [0.05, 0.1) is 38.5 Å². The topological polar surface area (TPSA) is 83.1 Å². The fraction of sp³-hybridized carbons (Fsp3) is 0.364. The maximum Gasteiger partial charge on any atom is 0.220 e. The molecule has 0 aliphatic heterocycles. The van der Waals surface area contributed by atoms with Crippen LogP contribution in [0.2, 0.25) is 0 Å². The van der Waals surface area contributed by atoms with Crippen molar-refractivity contribution < 1.29 is 27.9 Å². The number of carbonyl (C=O) groups is 1. The molecule has 7 heteroatoms. The van der Waals surface area contributed by atoms with Crippen molar-refractivity contribution in [2.45, 2.75) is 25.8 Å². The van der Waals surface area contributed by atoms with E-state index in [0.717, 1.165) is 5.56 Å². The zero-order valence-electron chi connectivity index (χ0n) is 19.8. The summed E-state index contributed by atoms with van der Waals surface area (Å²) in [4.78, 5) is 24.6. The third-order valence-electron chi connectivity index (χ3n) is 4.99. The molecule has 29 heavy (non-hydrogen) atoms. The summed E-state index contributed by atoms with van der Waals surface area (Å²) in [6, 6.07) is 5.87. The van der Waals surface area contributed by atoms with Crippen molar-refractivity contribution in [2.75, 3.05) is 28.4 Å². The molecule has 1 N–H and O–H groups in total. The van der Waals surface area contributed by atoms with Crippen molar-refractivity contribution in [3.63, 3.8) is 0 Å². The lowest BCUT2D eigenvalue weighted by atomic mass is 9.95. The number of ether oxygens (including phenoxy) is 4. The molecular weight excluding hydrogens is 374 g/mol. The van der Waals surface area contributed by atoms with Gasteiger partial charge in [-0.3, -0.25) is 9.59 Å². The lowest BCUT2D eigenvalue weighted by Crippen LogP contribution is -2.26. The van der Waals surface area contributed by atoms with Gasteiger partial charge in [0.25, 0.3) is 0 Å². The number of rotatable bonds is 5. The third kappa shape index (κ3) is 3.72. The number of benzene rings is 1. The van der Waals surface area contributed by atoms with Gasteiger partial charge in [-0.15, -0.1) is 0 Å². The van der Waals surface area contributed by atoms with Crippen LogP contribution in [0.15, 0.2) is 29.1 Å². The van der Waals surface area contributed by atoms with Crippen molar-refractivity contribution in [1.82, 2.24) is 5.32 Å². The van der Waals surface area contributed by atoms with Crippen molar-refractivity contribution in [2.24, 2.45) is 0 Å². The van der Waals surface area contributed by atoms with E-state index < -0.39 is 13.1 Å². The Kier molecular flexibility index (Phi) is 4.85. The summed E-state index contributed by atoms with van der Waals surface area (Å²) in [6.07, 6.45) is 0.926. The van der Waals surface area contributed by atoms with Gasteiger partial charge in [-0.05, 0) is 47.7 Å². The maximum absolute atomic E-state index is 12.7. The molecule has 1 atom stereocenters. The first-order chi connectivity index (χ1) is 15.1. The van der Waals surface area contributed by atoms with E-state index in [0.29, 0.717) is 29.5 Å². The van der Waals surface area contributed by atoms with Gasteiger partial charge in [0.2, 0.25) is 17.1 Å². The average molecular weight is 402 g/mol. The first-order valence-electron chi connectivity index (χ1n) is 10.6. The molecule has 0 spiro atoms. The molecule has 0 heterocycles. The normalized spacial score (nSPS) is 16.7. The first kappa shape index (κ1) is 16.7. The van der Waals surface area contributed by atoms with Crippen LogP contribution in [0.3, 0.4) is 0 Å². The van der Waals surface area contributed by atoms with Gasteiger partial charge >= 0.3 is 0 Å². The second kappa shape index (κ2) is 8.43. The van der Waals surface area contributed by atoms with Crippen molar-refractivity contribution in [3.05, 3.63) is 45.6 Å². The number of hydrogen-bond donors (Lipinski definition) is 1. The fourth-order valence-corrected chi connectivity index (χ4v) is 3.79. The van der Waals surface area contributed by atoms with Gasteiger partial charge in [-0.25, -0.2) is 0 Å². The van der Waals surface area contributed by atoms with Crippen LogP contribution >= 0.6 is 0 Å². The molecule has 2 aromatic rings. The van der Waals surface area contributed by atoms with E-state index in [4.69, 9.17) is 23.1 Å². The minimum Gasteiger partial charge on any atom is -0.493 e. The molecule has 1 aliphatic rings. The Bertz CT molecular complexity index is 1100. The van der Waals surface area contributed by atoms with Gasteiger partial charge in [0.1, 0.15) is 0 Å². The van der Waals surface area contributed by atoms with Crippen LogP contribution in [-0.4, -0.2) is 34.3 Å². The van der Waals surface area contributed by atoms with Crippen LogP contribution in [0.4, 0.5) is 0 Å². The molecule has 0 unspecified atom stereocenters. The Morgan fingerprint density at radius 2 is 1.83 bits per heavy atom. The van der Waals surface area contributed by atoms with Crippen LogP contribution in [0.1, 0.15) is 34.6 Å². The van der Waals surface area contributed by atoms with E-state index in [9.17, 15) is 9.59 Å². The molecule has 1 amide bonds. The largest absolute Gasteiger partial charge is 0.493 e. The number of nitrogens with one attached hydrogen (secondary N) is 1. The molecule has 2 aromatic carbocycles. The van der Waals surface area contributed by atoms with E-state index in [1.807, 2.05) is 0 Å². The predicted molar refractivity (Wildman–Crippen MR) is 109 cm³/mol. The molecule has 3 rings (SSSR count). The Morgan fingerprint density at radius 1 is 1.07 bits per heavy atom. The smallest absolute Gasteiger partial charge is 0.220 e. The minimum absolute atomic E-state index is 0.0185. The average Bonchev–Trinajstić information content (AvgIpc) is 2.94. The highest BCUT2D eigenvalue weighted by Crippen LogP contribution is 2.50. The minimum atomic E-state index is -2.69. The second-order valence-electron chi connectivity index (χ2n) is 6.65. The monoisotopic (exact) mass is 402 g/mol. The molecule has 0 radical (unpaired) electrons. The molecule has 1 aliphatic carbocycles. The molecular formula is C22H25NO6. The molecule has 154 valence electrons. The zero-order valence-corrected chi connectivity index (χ0v) is 16.8. The quantitative estimate of drug-likeness (QED) is 0.828. The first-order valence-corrected chi connectivity index (χ1v) is 9.06. The van der Waals surface area contributed by atoms with Crippen LogP contribution in [0, 0.1) is 0 Å². The van der Waals surface area contributed by atoms with Crippen LogP contribution in [0.25, 0.3) is 11.1 Å². The standard InChI is InChI=1S/C22H25NO6/c1-12(24)23-16-8-6-13-10-19(27-3)21(28-4)22(29-5)20(13)14-7-9-18(26-2)17(25)11-15(14)16/h7,9-11,16H,6,8H2,1-5H3,(H,23,24)/t16-/m0/s1/i3D3. The molecule has 0 saturated heterocycles. The molecule has 0 saturated carbocycles. The summed E-state index contributed by atoms with van der Waals surface area (Å²) in [5.74, 6) is 0.312. The molecule has 0 bridgehead atoms. The number of fused-ring (bicyclic) bond motifs is 3. The summed E-state index contributed by atoms with van der Waals surface area (Å²) in [5.41, 5.74) is 2.25. The van der Waals surface area contributed by atoms with E-state index in [1.165, 1.54) is 34.3 Å². The van der Waals surface area contributed by atoms with Crippen molar-refractivity contribution in [3.8, 4) is 34.1 Å². The summed E-state index contributed by atoms with van der Waals surface area (Å²) in [6.45, 7) is 1.41. The second-order valence-corrected chi connectivity index (χ2v) is 6.65. The Hall–Kier alpha value is -3.22. The van der Waals surface area contributed by atoms with Gasteiger partial charge in [0, 0.05) is 12.5 Å². The highest BCUT2D eigenvalue weighted by molar-refractivity contribution is 5.83. The highest BCUT2D eigenvalue weighted by Gasteiger charge is 2.29. The van der Waals surface area contributed by atoms with E-state index in [-0.39, 0.29) is 34.3 Å². The number of aryl methyl sites for hydroxylation is 1. The van der Waals surface area contributed by atoms with Gasteiger partial charge < -0.3 is 24.3 Å². The predicted octanol–water partition coefficient (Wildman–Crippen LogP) is 2.87. The molecule has 7 nitrogen and oxygen atoms in total. The molecule has 0 fully saturated rings. The summed E-state index contributed by atoms with van der Waals surface area (Å²) in [7, 11) is 1.54. The summed E-state index contributed by atoms with van der Waals surface area (Å²) < 4.78 is 44.0. The number of hydrogen-bond acceptors (Lipinski definition) is 6. The summed E-state index contributed by atoms with van der Waals surface area (Å²) >= 11 is 0. The van der Waals surface area contributed by atoms with Gasteiger partial charge in [-0.2, -0.15) is 0 Å². The number of carbonyl (C=O) groups excluding carboxylic acids is 1. The number of methoxy groups -OCH3 is 4. The lowest BCUT2D eigenvalue weighted by Gasteiger charge is -2.19.